The lowest BCUT2D eigenvalue weighted by Crippen LogP contribution is -2.21. The standard InChI is InChI=1S/C9H9Br2NO4/c1-16-4-2-3(10)6(11)5(8(4)13)7(12)9(14)15/h2,7,13H,12H2,1H3,(H,14,15)/t7-/m0/s1. The van der Waals surface area contributed by atoms with Crippen molar-refractivity contribution < 1.29 is 19.7 Å². The zero-order valence-corrected chi connectivity index (χ0v) is 11.4. The maximum atomic E-state index is 10.8. The molecular weight excluding hydrogens is 346 g/mol. The van der Waals surface area contributed by atoms with Crippen molar-refractivity contribution in [2.45, 2.75) is 6.04 Å². The van der Waals surface area contributed by atoms with Gasteiger partial charge in [-0.1, -0.05) is 0 Å². The number of carboxylic acids is 1. The number of ether oxygens (including phenoxy) is 1. The maximum Gasteiger partial charge on any atom is 0.325 e. The Bertz CT molecular complexity index is 436. The van der Waals surface area contributed by atoms with E-state index >= 15 is 0 Å². The third-order valence-corrected chi connectivity index (χ3v) is 4.00. The van der Waals surface area contributed by atoms with E-state index in [0.717, 1.165) is 0 Å². The molecule has 0 aliphatic carbocycles. The molecule has 0 bridgehead atoms. The Kier molecular flexibility index (Phi) is 4.17. The highest BCUT2D eigenvalue weighted by atomic mass is 79.9. The molecule has 1 aromatic rings. The molecule has 88 valence electrons. The minimum Gasteiger partial charge on any atom is -0.504 e. The van der Waals surface area contributed by atoms with E-state index in [4.69, 9.17) is 15.6 Å². The summed E-state index contributed by atoms with van der Waals surface area (Å²) in [5.74, 6) is -1.37. The number of hydrogen-bond donors (Lipinski definition) is 3. The first-order valence-corrected chi connectivity index (χ1v) is 5.72. The minimum atomic E-state index is -1.33. The van der Waals surface area contributed by atoms with Crippen molar-refractivity contribution in [1.82, 2.24) is 0 Å². The molecule has 1 aromatic carbocycles. The maximum absolute atomic E-state index is 10.8. The molecule has 4 N–H and O–H groups in total. The second kappa shape index (κ2) is 5.03. The molecule has 0 heterocycles. The van der Waals surface area contributed by atoms with Gasteiger partial charge in [-0.05, 0) is 37.9 Å². The number of halogens is 2. The van der Waals surface area contributed by atoms with Crippen LogP contribution in [0, 0.1) is 0 Å². The number of carboxylic acid groups (broad SMARTS) is 1. The first-order valence-electron chi connectivity index (χ1n) is 4.13. The number of nitrogens with two attached hydrogens (primary N) is 1. The lowest BCUT2D eigenvalue weighted by Gasteiger charge is -2.15. The zero-order valence-electron chi connectivity index (χ0n) is 8.20. The second-order valence-corrected chi connectivity index (χ2v) is 4.60. The Labute approximate surface area is 108 Å². The average molecular weight is 355 g/mol. The highest BCUT2D eigenvalue weighted by Gasteiger charge is 2.25. The second-order valence-electron chi connectivity index (χ2n) is 2.95. The Morgan fingerprint density at radius 1 is 1.56 bits per heavy atom. The van der Waals surface area contributed by atoms with E-state index in [2.05, 4.69) is 31.9 Å². The first kappa shape index (κ1) is 13.3. The van der Waals surface area contributed by atoms with Crippen LogP contribution in [-0.2, 0) is 4.79 Å². The largest absolute Gasteiger partial charge is 0.504 e. The van der Waals surface area contributed by atoms with Crippen molar-refractivity contribution >= 4 is 37.8 Å². The molecule has 0 saturated carbocycles. The predicted molar refractivity (Wildman–Crippen MR) is 64.6 cm³/mol. The van der Waals surface area contributed by atoms with Crippen LogP contribution in [-0.4, -0.2) is 23.3 Å². The Balaban J connectivity index is 3.47. The zero-order chi connectivity index (χ0) is 12.5. The van der Waals surface area contributed by atoms with Gasteiger partial charge in [0.15, 0.2) is 11.5 Å². The summed E-state index contributed by atoms with van der Waals surface area (Å²) >= 11 is 6.36. The summed E-state index contributed by atoms with van der Waals surface area (Å²) in [6.45, 7) is 0. The van der Waals surface area contributed by atoms with E-state index in [0.29, 0.717) is 8.95 Å². The number of methoxy groups -OCH3 is 1. The van der Waals surface area contributed by atoms with Crippen LogP contribution in [0.25, 0.3) is 0 Å². The van der Waals surface area contributed by atoms with Crippen molar-refractivity contribution in [3.63, 3.8) is 0 Å². The molecule has 0 aliphatic rings. The summed E-state index contributed by atoms with van der Waals surface area (Å²) in [6.07, 6.45) is 0. The van der Waals surface area contributed by atoms with Crippen LogP contribution < -0.4 is 10.5 Å². The highest BCUT2D eigenvalue weighted by Crippen LogP contribution is 2.42. The fraction of sp³-hybridized carbons (Fsp3) is 0.222. The number of carbonyl (C=O) groups is 1. The number of benzene rings is 1. The summed E-state index contributed by atoms with van der Waals surface area (Å²) in [7, 11) is 1.37. The van der Waals surface area contributed by atoms with Gasteiger partial charge >= 0.3 is 5.97 Å². The molecule has 0 unspecified atom stereocenters. The molecule has 0 fully saturated rings. The van der Waals surface area contributed by atoms with Crippen molar-refractivity contribution in [3.8, 4) is 11.5 Å². The summed E-state index contributed by atoms with van der Waals surface area (Å²) in [4.78, 5) is 10.8. The molecule has 0 radical (unpaired) electrons. The SMILES string of the molecule is COc1cc(Br)c(Br)c([C@H](N)C(=O)O)c1O. The van der Waals surface area contributed by atoms with E-state index in [1.165, 1.54) is 13.2 Å². The predicted octanol–water partition coefficient (Wildman–Crippen LogP) is 2.01. The van der Waals surface area contributed by atoms with Crippen LogP contribution in [0.5, 0.6) is 11.5 Å². The van der Waals surface area contributed by atoms with E-state index in [1.54, 1.807) is 0 Å². The Morgan fingerprint density at radius 3 is 2.56 bits per heavy atom. The van der Waals surface area contributed by atoms with Gasteiger partial charge in [-0.15, -0.1) is 0 Å². The summed E-state index contributed by atoms with van der Waals surface area (Å²) in [5.41, 5.74) is 5.53. The lowest BCUT2D eigenvalue weighted by atomic mass is 10.1. The van der Waals surface area contributed by atoms with Crippen LogP contribution in [0.2, 0.25) is 0 Å². The average Bonchev–Trinajstić information content (AvgIpc) is 2.23. The monoisotopic (exact) mass is 353 g/mol. The van der Waals surface area contributed by atoms with Crippen molar-refractivity contribution in [2.75, 3.05) is 7.11 Å². The molecule has 7 heteroatoms. The molecule has 0 saturated heterocycles. The molecule has 1 rings (SSSR count). The third kappa shape index (κ3) is 2.31. The lowest BCUT2D eigenvalue weighted by molar-refractivity contribution is -0.138. The molecule has 16 heavy (non-hydrogen) atoms. The normalized spacial score (nSPS) is 12.2. The van der Waals surface area contributed by atoms with Gasteiger partial charge in [0.25, 0.3) is 0 Å². The topological polar surface area (TPSA) is 92.8 Å². The van der Waals surface area contributed by atoms with Gasteiger partial charge in [-0.25, -0.2) is 0 Å². The number of phenols is 1. The highest BCUT2D eigenvalue weighted by molar-refractivity contribution is 9.13. The van der Waals surface area contributed by atoms with Gasteiger partial charge in [-0.2, -0.15) is 0 Å². The van der Waals surface area contributed by atoms with E-state index < -0.39 is 12.0 Å². The fourth-order valence-corrected chi connectivity index (χ4v) is 2.15. The number of aromatic hydroxyl groups is 1. The molecule has 0 spiro atoms. The summed E-state index contributed by atoms with van der Waals surface area (Å²) in [6, 6.07) is 0.179. The minimum absolute atomic E-state index is 0.0683. The summed E-state index contributed by atoms with van der Waals surface area (Å²) in [5, 5.41) is 18.6. The van der Waals surface area contributed by atoms with Gasteiger partial charge in [0.1, 0.15) is 6.04 Å². The number of hydrogen-bond acceptors (Lipinski definition) is 4. The number of aliphatic carboxylic acids is 1. The summed E-state index contributed by atoms with van der Waals surface area (Å²) < 4.78 is 5.84. The van der Waals surface area contributed by atoms with E-state index in [1.807, 2.05) is 0 Å². The van der Waals surface area contributed by atoms with Crippen LogP contribution in [0.15, 0.2) is 15.0 Å². The molecular formula is C9H9Br2NO4. The third-order valence-electron chi connectivity index (χ3n) is 1.99. The molecule has 0 aliphatic heterocycles. The van der Waals surface area contributed by atoms with Crippen LogP contribution in [0.4, 0.5) is 0 Å². The van der Waals surface area contributed by atoms with Gasteiger partial charge < -0.3 is 20.7 Å². The molecule has 5 nitrogen and oxygen atoms in total. The molecule has 0 aromatic heterocycles. The van der Waals surface area contributed by atoms with Crippen molar-refractivity contribution in [2.24, 2.45) is 5.73 Å². The smallest absolute Gasteiger partial charge is 0.325 e. The van der Waals surface area contributed by atoms with E-state index in [9.17, 15) is 9.90 Å². The van der Waals surface area contributed by atoms with Gasteiger partial charge in [0.2, 0.25) is 0 Å². The first-order chi connectivity index (χ1) is 7.40. The Hall–Kier alpha value is -0.790. The van der Waals surface area contributed by atoms with Crippen LogP contribution in [0.3, 0.4) is 0 Å². The van der Waals surface area contributed by atoms with Gasteiger partial charge in [0.05, 0.1) is 7.11 Å². The van der Waals surface area contributed by atoms with Gasteiger partial charge in [-0.3, -0.25) is 4.79 Å². The van der Waals surface area contributed by atoms with Crippen LogP contribution in [0.1, 0.15) is 11.6 Å². The number of rotatable bonds is 3. The Morgan fingerprint density at radius 2 is 2.12 bits per heavy atom. The molecule has 1 atom stereocenters. The fourth-order valence-electron chi connectivity index (χ4n) is 1.18. The quantitative estimate of drug-likeness (QED) is 0.772. The molecule has 0 amide bonds. The van der Waals surface area contributed by atoms with Gasteiger partial charge in [0, 0.05) is 14.5 Å². The van der Waals surface area contributed by atoms with Crippen molar-refractivity contribution in [1.29, 1.82) is 0 Å². The van der Waals surface area contributed by atoms with Crippen molar-refractivity contribution in [3.05, 3.63) is 20.6 Å². The van der Waals surface area contributed by atoms with E-state index in [-0.39, 0.29) is 17.1 Å². The van der Waals surface area contributed by atoms with Crippen LogP contribution >= 0.6 is 31.9 Å². The number of phenolic OH excluding ortho intramolecular Hbond substituents is 1.